The third kappa shape index (κ3) is 2.73. The molecule has 4 nitrogen and oxygen atoms in total. The van der Waals surface area contributed by atoms with Crippen LogP contribution >= 0.6 is 31.9 Å². The number of ether oxygens (including phenoxy) is 2. The van der Waals surface area contributed by atoms with E-state index in [9.17, 15) is 4.79 Å². The monoisotopic (exact) mass is 405 g/mol. The first-order valence-corrected chi connectivity index (χ1v) is 7.99. The minimum absolute atomic E-state index is 0.0936. The van der Waals surface area contributed by atoms with Crippen LogP contribution in [0.15, 0.2) is 15.0 Å². The molecule has 1 fully saturated rings. The zero-order valence-electron chi connectivity index (χ0n) is 11.4. The molecule has 2 rings (SSSR count). The van der Waals surface area contributed by atoms with Crippen LogP contribution in [0.5, 0.6) is 11.5 Å². The van der Waals surface area contributed by atoms with Gasteiger partial charge >= 0.3 is 0 Å². The normalized spacial score (nSPS) is 22.8. The van der Waals surface area contributed by atoms with Crippen molar-refractivity contribution in [3.05, 3.63) is 20.6 Å². The highest BCUT2D eigenvalue weighted by Crippen LogP contribution is 2.46. The van der Waals surface area contributed by atoms with E-state index in [1.54, 1.807) is 14.2 Å². The number of methoxy groups -OCH3 is 2. The van der Waals surface area contributed by atoms with Crippen LogP contribution in [-0.4, -0.2) is 26.0 Å². The van der Waals surface area contributed by atoms with E-state index in [1.165, 1.54) is 0 Å². The first-order chi connectivity index (χ1) is 9.51. The molecule has 110 valence electrons. The maximum Gasteiger partial charge on any atom is 0.176 e. The van der Waals surface area contributed by atoms with E-state index in [2.05, 4.69) is 31.9 Å². The lowest BCUT2D eigenvalue weighted by Crippen LogP contribution is -2.38. The molecule has 1 aliphatic carbocycles. The number of hydrogen-bond donors (Lipinski definition) is 1. The Bertz CT molecular complexity index is 534. The molecule has 2 N–H and O–H groups in total. The molecule has 2 unspecified atom stereocenters. The molecule has 0 bridgehead atoms. The van der Waals surface area contributed by atoms with Crippen LogP contribution in [0.1, 0.15) is 30.7 Å². The Hall–Kier alpha value is -0.590. The van der Waals surface area contributed by atoms with E-state index in [1.807, 2.05) is 6.07 Å². The molecule has 1 aliphatic rings. The lowest BCUT2D eigenvalue weighted by atomic mass is 9.80. The van der Waals surface area contributed by atoms with Gasteiger partial charge in [-0.05, 0) is 56.3 Å². The highest BCUT2D eigenvalue weighted by atomic mass is 79.9. The maximum absolute atomic E-state index is 12.3. The first kappa shape index (κ1) is 15.8. The van der Waals surface area contributed by atoms with E-state index >= 15 is 0 Å². The molecule has 1 saturated carbocycles. The number of nitrogens with two attached hydrogens (primary N) is 1. The first-order valence-electron chi connectivity index (χ1n) is 6.40. The maximum atomic E-state index is 12.3. The molecule has 2 atom stereocenters. The Morgan fingerprint density at radius 1 is 1.20 bits per heavy atom. The second kappa shape index (κ2) is 6.45. The molecule has 0 radical (unpaired) electrons. The van der Waals surface area contributed by atoms with Gasteiger partial charge in [0, 0.05) is 10.4 Å². The molecule has 1 aromatic carbocycles. The molecule has 0 amide bonds. The number of hydrogen-bond acceptors (Lipinski definition) is 4. The predicted molar refractivity (Wildman–Crippen MR) is 84.5 cm³/mol. The van der Waals surface area contributed by atoms with Crippen LogP contribution in [0, 0.1) is 0 Å². The van der Waals surface area contributed by atoms with Crippen LogP contribution in [0.4, 0.5) is 0 Å². The summed E-state index contributed by atoms with van der Waals surface area (Å²) in [6, 6.07) is 1.49. The van der Waals surface area contributed by atoms with Gasteiger partial charge in [-0.1, -0.05) is 6.42 Å². The van der Waals surface area contributed by atoms with Crippen molar-refractivity contribution in [2.75, 3.05) is 14.2 Å². The number of carbonyl (C=O) groups is 1. The Labute approximate surface area is 135 Å². The summed E-state index contributed by atoms with van der Waals surface area (Å²) < 4.78 is 12.2. The van der Waals surface area contributed by atoms with Gasteiger partial charge in [-0.15, -0.1) is 0 Å². The van der Waals surface area contributed by atoms with Gasteiger partial charge in [0.2, 0.25) is 0 Å². The quantitative estimate of drug-likeness (QED) is 0.835. The molecule has 0 heterocycles. The summed E-state index contributed by atoms with van der Waals surface area (Å²) in [6.07, 6.45) is 2.53. The topological polar surface area (TPSA) is 61.5 Å². The van der Waals surface area contributed by atoms with Gasteiger partial charge in [0.15, 0.2) is 17.3 Å². The molecule has 0 aliphatic heterocycles. The summed E-state index contributed by atoms with van der Waals surface area (Å²) in [5, 5.41) is 0. The Morgan fingerprint density at radius 2 is 1.90 bits per heavy atom. The van der Waals surface area contributed by atoms with Crippen molar-refractivity contribution in [2.24, 2.45) is 5.73 Å². The van der Waals surface area contributed by atoms with Gasteiger partial charge in [-0.3, -0.25) is 4.79 Å². The lowest BCUT2D eigenvalue weighted by Gasteiger charge is -2.27. The SMILES string of the molecule is COc1cc(C2CCCC(N)C2=O)c(Br)c(Br)c1OC. The molecule has 0 spiro atoms. The minimum atomic E-state index is -0.368. The van der Waals surface area contributed by atoms with Crippen molar-refractivity contribution < 1.29 is 14.3 Å². The van der Waals surface area contributed by atoms with E-state index in [0.717, 1.165) is 33.8 Å². The predicted octanol–water partition coefficient (Wildman–Crippen LogP) is 3.39. The fourth-order valence-corrected chi connectivity index (χ4v) is 3.75. The Balaban J connectivity index is 2.51. The highest BCUT2D eigenvalue weighted by molar-refractivity contribution is 9.13. The van der Waals surface area contributed by atoms with E-state index < -0.39 is 0 Å². The average molecular weight is 407 g/mol. The van der Waals surface area contributed by atoms with Crippen molar-refractivity contribution in [1.82, 2.24) is 0 Å². The van der Waals surface area contributed by atoms with Gasteiger partial charge in [0.1, 0.15) is 0 Å². The highest BCUT2D eigenvalue weighted by Gasteiger charge is 2.32. The van der Waals surface area contributed by atoms with Gasteiger partial charge < -0.3 is 15.2 Å². The minimum Gasteiger partial charge on any atom is -0.493 e. The molecule has 20 heavy (non-hydrogen) atoms. The van der Waals surface area contributed by atoms with Gasteiger partial charge in [0.25, 0.3) is 0 Å². The van der Waals surface area contributed by atoms with Crippen LogP contribution in [0.2, 0.25) is 0 Å². The number of ketones is 1. The number of carbonyl (C=O) groups excluding carboxylic acids is 1. The van der Waals surface area contributed by atoms with E-state index in [-0.39, 0.29) is 17.7 Å². The van der Waals surface area contributed by atoms with Crippen molar-refractivity contribution in [3.63, 3.8) is 0 Å². The zero-order chi connectivity index (χ0) is 14.9. The largest absolute Gasteiger partial charge is 0.493 e. The summed E-state index contributed by atoms with van der Waals surface area (Å²) >= 11 is 7.03. The van der Waals surface area contributed by atoms with Crippen molar-refractivity contribution in [2.45, 2.75) is 31.2 Å². The molecular formula is C14H17Br2NO3. The second-order valence-electron chi connectivity index (χ2n) is 4.82. The number of benzene rings is 1. The molecular weight excluding hydrogens is 390 g/mol. The average Bonchev–Trinajstić information content (AvgIpc) is 2.45. The van der Waals surface area contributed by atoms with Crippen LogP contribution in [0.25, 0.3) is 0 Å². The van der Waals surface area contributed by atoms with Crippen molar-refractivity contribution in [3.8, 4) is 11.5 Å². The summed E-state index contributed by atoms with van der Waals surface area (Å²) in [7, 11) is 3.16. The third-order valence-electron chi connectivity index (χ3n) is 3.67. The van der Waals surface area contributed by atoms with Gasteiger partial charge in [-0.25, -0.2) is 0 Å². The van der Waals surface area contributed by atoms with E-state index in [0.29, 0.717) is 11.5 Å². The number of rotatable bonds is 3. The van der Waals surface area contributed by atoms with Crippen molar-refractivity contribution in [1.29, 1.82) is 0 Å². The van der Waals surface area contributed by atoms with Crippen LogP contribution in [0.3, 0.4) is 0 Å². The lowest BCUT2D eigenvalue weighted by molar-refractivity contribution is -0.123. The van der Waals surface area contributed by atoms with Crippen molar-refractivity contribution >= 4 is 37.6 Å². The molecule has 0 saturated heterocycles. The fraction of sp³-hybridized carbons (Fsp3) is 0.500. The summed E-state index contributed by atoms with van der Waals surface area (Å²) in [5.74, 6) is 1.11. The number of Topliss-reactive ketones (excluding diaryl/α,β-unsaturated/α-hetero) is 1. The molecule has 6 heteroatoms. The summed E-state index contributed by atoms with van der Waals surface area (Å²) in [5.41, 5.74) is 6.79. The smallest absolute Gasteiger partial charge is 0.176 e. The summed E-state index contributed by atoms with van der Waals surface area (Å²) in [6.45, 7) is 0. The van der Waals surface area contributed by atoms with Crippen LogP contribution < -0.4 is 15.2 Å². The molecule has 0 aromatic heterocycles. The van der Waals surface area contributed by atoms with E-state index in [4.69, 9.17) is 15.2 Å². The third-order valence-corrected chi connectivity index (χ3v) is 5.82. The van der Waals surface area contributed by atoms with Crippen LogP contribution in [-0.2, 0) is 4.79 Å². The molecule has 1 aromatic rings. The standard InChI is InChI=1S/C14H17Br2NO3/c1-19-10-6-8(11(15)12(16)14(10)20-2)7-4-3-5-9(17)13(7)18/h6-7,9H,3-5,17H2,1-2H3. The zero-order valence-corrected chi connectivity index (χ0v) is 14.6. The number of halogens is 2. The Kier molecular flexibility index (Phi) is 5.09. The summed E-state index contributed by atoms with van der Waals surface area (Å²) in [4.78, 5) is 12.3. The van der Waals surface area contributed by atoms with Gasteiger partial charge in [-0.2, -0.15) is 0 Å². The second-order valence-corrected chi connectivity index (χ2v) is 6.41. The van der Waals surface area contributed by atoms with Gasteiger partial charge in [0.05, 0.1) is 24.7 Å². The fourth-order valence-electron chi connectivity index (χ4n) is 2.59. The Morgan fingerprint density at radius 3 is 2.50 bits per heavy atom.